The Labute approximate surface area is 144 Å². The van der Waals surface area contributed by atoms with Crippen LogP contribution in [-0.4, -0.2) is 36.7 Å². The van der Waals surface area contributed by atoms with Gasteiger partial charge in [0.2, 0.25) is 0 Å². The molecule has 0 fully saturated rings. The Kier molecular flexibility index (Phi) is 3.77. The van der Waals surface area contributed by atoms with Crippen LogP contribution in [0.2, 0.25) is 0 Å². The monoisotopic (exact) mass is 387 g/mol. The first-order valence-electron chi connectivity index (χ1n) is 7.50. The zero-order chi connectivity index (χ0) is 16.5. The van der Waals surface area contributed by atoms with Gasteiger partial charge in [0.15, 0.2) is 0 Å². The minimum atomic E-state index is -0.277. The third-order valence-electron chi connectivity index (χ3n) is 3.78. The fraction of sp³-hybridized carbons (Fsp3) is 0.200. The predicted molar refractivity (Wildman–Crippen MR) is 95.1 cm³/mol. The Morgan fingerprint density at radius 3 is 2.96 bits per heavy atom. The van der Waals surface area contributed by atoms with Crippen molar-refractivity contribution in [2.45, 2.75) is 12.8 Å². The lowest BCUT2D eigenvalue weighted by Gasteiger charge is -2.06. The van der Waals surface area contributed by atoms with Gasteiger partial charge in [0.05, 0.1) is 5.39 Å². The Balaban J connectivity index is 1.55. The van der Waals surface area contributed by atoms with Crippen LogP contribution >= 0.6 is 15.9 Å². The molecule has 0 amide bonds. The van der Waals surface area contributed by atoms with E-state index in [0.29, 0.717) is 18.8 Å². The van der Waals surface area contributed by atoms with Crippen molar-refractivity contribution >= 4 is 43.7 Å². The molecule has 4 aromatic rings. The lowest BCUT2D eigenvalue weighted by atomic mass is 10.2. The first-order valence-corrected chi connectivity index (χ1v) is 8.29. The van der Waals surface area contributed by atoms with Gasteiger partial charge < -0.3 is 10.3 Å². The zero-order valence-electron chi connectivity index (χ0n) is 12.6. The van der Waals surface area contributed by atoms with Crippen LogP contribution in [0.3, 0.4) is 0 Å². The van der Waals surface area contributed by atoms with Crippen molar-refractivity contribution in [3.63, 3.8) is 0 Å². The van der Waals surface area contributed by atoms with Crippen molar-refractivity contribution in [2.24, 2.45) is 0 Å². The quantitative estimate of drug-likeness (QED) is 0.392. The van der Waals surface area contributed by atoms with Gasteiger partial charge in [-0.05, 0) is 18.6 Å². The van der Waals surface area contributed by atoms with Gasteiger partial charge in [0.1, 0.15) is 23.6 Å². The summed E-state index contributed by atoms with van der Waals surface area (Å²) in [5.41, 5.74) is 1.54. The first kappa shape index (κ1) is 14.9. The maximum atomic E-state index is 11.0. The van der Waals surface area contributed by atoms with Crippen molar-refractivity contribution < 1.29 is 0 Å². The molecule has 0 atom stereocenters. The zero-order valence-corrected chi connectivity index (χ0v) is 14.1. The molecule has 0 bridgehead atoms. The summed E-state index contributed by atoms with van der Waals surface area (Å²) in [5, 5.41) is 11.7. The van der Waals surface area contributed by atoms with E-state index in [1.807, 2.05) is 18.2 Å². The lowest BCUT2D eigenvalue weighted by molar-refractivity contribution is 0.804. The summed E-state index contributed by atoms with van der Waals surface area (Å²) in [5.74, 6) is 1.45. The third kappa shape index (κ3) is 2.78. The Morgan fingerprint density at radius 2 is 2.12 bits per heavy atom. The largest absolute Gasteiger partial charge is 0.369 e. The summed E-state index contributed by atoms with van der Waals surface area (Å²) >= 11 is 3.48. The number of nitrogens with one attached hydrogen (secondary N) is 4. The molecule has 0 aliphatic rings. The van der Waals surface area contributed by atoms with Gasteiger partial charge in [0.25, 0.3) is 0 Å². The second-order valence-corrected chi connectivity index (χ2v) is 6.33. The van der Waals surface area contributed by atoms with Crippen LogP contribution in [0.5, 0.6) is 0 Å². The van der Waals surface area contributed by atoms with E-state index in [1.54, 1.807) is 6.33 Å². The van der Waals surface area contributed by atoms with Gasteiger partial charge in [0, 0.05) is 28.3 Å². The molecular weight excluding hydrogens is 374 g/mol. The molecule has 0 aliphatic carbocycles. The number of aromatic amines is 3. The van der Waals surface area contributed by atoms with Crippen LogP contribution in [0.25, 0.3) is 21.9 Å². The second kappa shape index (κ2) is 6.08. The molecule has 1 aromatic carbocycles. The number of aromatic nitrogens is 6. The number of hydrogen-bond donors (Lipinski definition) is 4. The highest BCUT2D eigenvalue weighted by Crippen LogP contribution is 2.30. The average molecular weight is 388 g/mol. The van der Waals surface area contributed by atoms with Gasteiger partial charge in [-0.15, -0.1) is 0 Å². The topological polar surface area (TPSA) is 115 Å². The molecule has 0 saturated heterocycles. The number of fused-ring (bicyclic) bond motifs is 3. The molecule has 0 unspecified atom stereocenters. The van der Waals surface area contributed by atoms with Gasteiger partial charge >= 0.3 is 5.69 Å². The van der Waals surface area contributed by atoms with Gasteiger partial charge in [-0.1, -0.05) is 22.0 Å². The smallest absolute Gasteiger partial charge is 0.340 e. The standard InChI is InChI=1S/C15H14BrN7O/c16-8-3-4-9-10(6-8)20-14-12(9)13(18-7-19-14)17-5-1-2-11-21-15(24)23-22-11/h3-4,6-7H,1-2,5H2,(H2,17,18,19,20)(H2,21,22,23,24). The van der Waals surface area contributed by atoms with Crippen molar-refractivity contribution in [3.8, 4) is 0 Å². The van der Waals surface area contributed by atoms with E-state index in [-0.39, 0.29) is 5.69 Å². The highest BCUT2D eigenvalue weighted by Gasteiger charge is 2.11. The second-order valence-electron chi connectivity index (χ2n) is 5.42. The van der Waals surface area contributed by atoms with E-state index < -0.39 is 0 Å². The summed E-state index contributed by atoms with van der Waals surface area (Å²) < 4.78 is 1.01. The van der Waals surface area contributed by atoms with Crippen LogP contribution in [-0.2, 0) is 6.42 Å². The lowest BCUT2D eigenvalue weighted by Crippen LogP contribution is -2.06. The number of aryl methyl sites for hydroxylation is 1. The molecule has 0 saturated carbocycles. The van der Waals surface area contributed by atoms with E-state index in [2.05, 4.69) is 51.4 Å². The molecular formula is C15H14BrN7O. The molecule has 8 nitrogen and oxygen atoms in total. The van der Waals surface area contributed by atoms with Crippen molar-refractivity contribution in [2.75, 3.05) is 11.9 Å². The third-order valence-corrected chi connectivity index (χ3v) is 4.28. The molecule has 0 aliphatic heterocycles. The van der Waals surface area contributed by atoms with Crippen LogP contribution in [0.1, 0.15) is 12.2 Å². The Bertz CT molecular complexity index is 1060. The van der Waals surface area contributed by atoms with Crippen LogP contribution < -0.4 is 11.0 Å². The number of nitrogens with zero attached hydrogens (tertiary/aromatic N) is 3. The molecule has 0 radical (unpaired) electrons. The highest BCUT2D eigenvalue weighted by molar-refractivity contribution is 9.10. The van der Waals surface area contributed by atoms with Crippen molar-refractivity contribution in [1.82, 2.24) is 30.1 Å². The fourth-order valence-electron chi connectivity index (χ4n) is 2.72. The van der Waals surface area contributed by atoms with E-state index in [9.17, 15) is 4.79 Å². The Hall–Kier alpha value is -2.68. The Morgan fingerprint density at radius 1 is 1.21 bits per heavy atom. The molecule has 9 heteroatoms. The fourth-order valence-corrected chi connectivity index (χ4v) is 3.08. The van der Waals surface area contributed by atoms with E-state index >= 15 is 0 Å². The molecule has 4 rings (SSSR count). The summed E-state index contributed by atoms with van der Waals surface area (Å²) in [7, 11) is 0. The predicted octanol–water partition coefficient (Wildman–Crippen LogP) is 2.33. The van der Waals surface area contributed by atoms with Crippen molar-refractivity contribution in [1.29, 1.82) is 0 Å². The molecule has 4 N–H and O–H groups in total. The van der Waals surface area contributed by atoms with Crippen LogP contribution in [0.4, 0.5) is 5.82 Å². The number of rotatable bonds is 5. The molecule has 3 heterocycles. The minimum absolute atomic E-state index is 0.277. The SMILES string of the molecule is O=c1[nH]nc(CCCNc2ncnc3[nH]c4cc(Br)ccc4c23)[nH]1. The number of anilines is 1. The number of benzene rings is 1. The maximum Gasteiger partial charge on any atom is 0.340 e. The first-order chi connectivity index (χ1) is 11.7. The number of hydrogen-bond acceptors (Lipinski definition) is 5. The molecule has 122 valence electrons. The summed E-state index contributed by atoms with van der Waals surface area (Å²) in [6, 6.07) is 6.07. The summed E-state index contributed by atoms with van der Waals surface area (Å²) in [4.78, 5) is 25.6. The normalized spacial score (nSPS) is 11.4. The van der Waals surface area contributed by atoms with Gasteiger partial charge in [-0.2, -0.15) is 5.10 Å². The number of halogens is 1. The van der Waals surface area contributed by atoms with Gasteiger partial charge in [-0.25, -0.2) is 19.9 Å². The molecule has 3 aromatic heterocycles. The minimum Gasteiger partial charge on any atom is -0.369 e. The van der Waals surface area contributed by atoms with E-state index in [0.717, 1.165) is 38.6 Å². The summed E-state index contributed by atoms with van der Waals surface area (Å²) in [6.45, 7) is 0.713. The van der Waals surface area contributed by atoms with E-state index in [1.165, 1.54) is 0 Å². The van der Waals surface area contributed by atoms with Crippen molar-refractivity contribution in [3.05, 3.63) is 45.3 Å². The van der Waals surface area contributed by atoms with Crippen LogP contribution in [0, 0.1) is 0 Å². The van der Waals surface area contributed by atoms with Crippen LogP contribution in [0.15, 0.2) is 33.8 Å². The number of H-pyrrole nitrogens is 3. The van der Waals surface area contributed by atoms with Gasteiger partial charge in [-0.3, -0.25) is 4.98 Å². The molecule has 0 spiro atoms. The highest BCUT2D eigenvalue weighted by atomic mass is 79.9. The summed E-state index contributed by atoms with van der Waals surface area (Å²) in [6.07, 6.45) is 3.04. The average Bonchev–Trinajstić information content (AvgIpc) is 3.14. The maximum absolute atomic E-state index is 11.0. The molecule has 24 heavy (non-hydrogen) atoms. The van der Waals surface area contributed by atoms with E-state index in [4.69, 9.17) is 0 Å².